The van der Waals surface area contributed by atoms with Crippen LogP contribution in [0.15, 0.2) is 0 Å². The van der Waals surface area contributed by atoms with E-state index in [2.05, 4.69) is 0 Å². The molecule has 1 N–H and O–H groups in total. The van der Waals surface area contributed by atoms with E-state index in [1.807, 2.05) is 0 Å². The van der Waals surface area contributed by atoms with Gasteiger partial charge in [-0.25, -0.2) is 0 Å². The molecule has 0 saturated carbocycles. The summed E-state index contributed by atoms with van der Waals surface area (Å²) >= 11 is 0. The summed E-state index contributed by atoms with van der Waals surface area (Å²) in [5.74, 6) is -0.745. The van der Waals surface area contributed by atoms with Gasteiger partial charge in [0.2, 0.25) is 0 Å². The Bertz CT molecular complexity index is 44.1. The van der Waals surface area contributed by atoms with Gasteiger partial charge < -0.3 is 5.11 Å². The van der Waals surface area contributed by atoms with E-state index in [-0.39, 0.29) is 16.5 Å². The van der Waals surface area contributed by atoms with E-state index in [0.717, 1.165) is 0 Å². The Morgan fingerprint density at radius 1 is 1.83 bits per heavy atom. The number of hydrogen-bond acceptors (Lipinski definition) is 1. The van der Waals surface area contributed by atoms with Gasteiger partial charge in [0.25, 0.3) is 0 Å². The Labute approximate surface area is 40.4 Å². The van der Waals surface area contributed by atoms with Crippen LogP contribution in [0, 0.1) is 0 Å². The van der Waals surface area contributed by atoms with Crippen LogP contribution in [-0.4, -0.2) is 21.2 Å². The van der Waals surface area contributed by atoms with Crippen molar-refractivity contribution in [1.29, 1.82) is 0 Å². The monoisotopic (exact) mass is 85.1 g/mol. The standard InChI is InChI=1S/C3H6O2.Be.2H/c1-2-3(4)5;;;/h2H2,1H3,(H,4,5);;;. The number of rotatable bonds is 1. The number of aliphatic carboxylic acids is 1. The van der Waals surface area contributed by atoms with Crippen LogP contribution in [-0.2, 0) is 4.79 Å². The molecule has 6 heavy (non-hydrogen) atoms. The predicted molar refractivity (Wildman–Crippen MR) is 26.5 cm³/mol. The molecule has 0 aromatic rings. The molecule has 0 bridgehead atoms. The van der Waals surface area contributed by atoms with Gasteiger partial charge >= 0.3 is 16.1 Å². The summed E-state index contributed by atoms with van der Waals surface area (Å²) in [5.41, 5.74) is 0. The molecule has 0 spiro atoms. The molecule has 0 aliphatic rings. The molecule has 0 aromatic heterocycles. The third-order valence-corrected chi connectivity index (χ3v) is 0.302. The topological polar surface area (TPSA) is 37.3 Å². The molecule has 0 amide bonds. The van der Waals surface area contributed by atoms with E-state index in [0.29, 0.717) is 0 Å². The molecule has 0 atom stereocenters. The fourth-order valence-corrected chi connectivity index (χ4v) is 0. The SMILES string of the molecule is CCC(=O)O.[BeH2]. The first kappa shape index (κ1) is 9.16. The Morgan fingerprint density at radius 3 is 2.00 bits per heavy atom. The Kier molecular flexibility index (Phi) is 7.08. The maximum atomic E-state index is 9.37. The molecular weight excluding hydrogens is 77.0 g/mol. The van der Waals surface area contributed by atoms with Gasteiger partial charge in [-0.15, -0.1) is 0 Å². The zero-order valence-corrected chi connectivity index (χ0v) is 3.06. The van der Waals surface area contributed by atoms with Crippen molar-refractivity contribution in [2.75, 3.05) is 0 Å². The molecule has 0 aliphatic carbocycles. The van der Waals surface area contributed by atoms with Crippen molar-refractivity contribution in [3.05, 3.63) is 0 Å². The molecule has 34 valence electrons. The summed E-state index contributed by atoms with van der Waals surface area (Å²) in [6.45, 7) is 1.60. The van der Waals surface area contributed by atoms with Gasteiger partial charge in [-0.3, -0.25) is 4.79 Å². The van der Waals surface area contributed by atoms with Gasteiger partial charge in [0.05, 0.1) is 0 Å². The average Bonchev–Trinajstić information content (AvgIpc) is 1.38. The van der Waals surface area contributed by atoms with E-state index >= 15 is 0 Å². The molecule has 0 aliphatic heterocycles. The van der Waals surface area contributed by atoms with Crippen LogP contribution < -0.4 is 0 Å². The van der Waals surface area contributed by atoms with Gasteiger partial charge in [-0.2, -0.15) is 0 Å². The van der Waals surface area contributed by atoms with Crippen LogP contribution in [0.4, 0.5) is 0 Å². The van der Waals surface area contributed by atoms with Gasteiger partial charge in [0, 0.05) is 6.42 Å². The first-order valence-corrected chi connectivity index (χ1v) is 1.49. The molecule has 2 nitrogen and oxygen atoms in total. The molecule has 3 heteroatoms. The molecule has 0 saturated heterocycles. The van der Waals surface area contributed by atoms with Crippen LogP contribution in [0.25, 0.3) is 0 Å². The average molecular weight is 85.1 g/mol. The third kappa shape index (κ3) is 9.43. The summed E-state index contributed by atoms with van der Waals surface area (Å²) in [6, 6.07) is 0. The summed E-state index contributed by atoms with van der Waals surface area (Å²) in [6.07, 6.45) is 0.222. The molecule has 0 unspecified atom stereocenters. The number of carboxylic acid groups (broad SMARTS) is 1. The second kappa shape index (κ2) is 4.64. The third-order valence-electron chi connectivity index (χ3n) is 0.302. The van der Waals surface area contributed by atoms with Crippen LogP contribution in [0.1, 0.15) is 13.3 Å². The van der Waals surface area contributed by atoms with Gasteiger partial charge in [-0.1, -0.05) is 6.92 Å². The van der Waals surface area contributed by atoms with Crippen molar-refractivity contribution in [2.24, 2.45) is 0 Å². The van der Waals surface area contributed by atoms with Crippen LogP contribution in [0.2, 0.25) is 0 Å². The summed E-state index contributed by atoms with van der Waals surface area (Å²) < 4.78 is 0. The van der Waals surface area contributed by atoms with Crippen LogP contribution >= 0.6 is 0 Å². The zero-order chi connectivity index (χ0) is 4.28. The molecule has 0 radical (unpaired) electrons. The summed E-state index contributed by atoms with van der Waals surface area (Å²) in [7, 11) is 0. The van der Waals surface area contributed by atoms with Crippen molar-refractivity contribution in [1.82, 2.24) is 0 Å². The van der Waals surface area contributed by atoms with Gasteiger partial charge in [0.1, 0.15) is 0 Å². The quantitative estimate of drug-likeness (QED) is 0.438. The Hall–Kier alpha value is -0.361. The van der Waals surface area contributed by atoms with Crippen molar-refractivity contribution in [3.8, 4) is 0 Å². The molecule has 0 fully saturated rings. The maximum absolute atomic E-state index is 9.37. The van der Waals surface area contributed by atoms with Crippen molar-refractivity contribution < 1.29 is 9.90 Å². The van der Waals surface area contributed by atoms with E-state index in [9.17, 15) is 4.79 Å². The molecule has 0 rings (SSSR count). The molecule has 0 aromatic carbocycles. The fraction of sp³-hybridized carbons (Fsp3) is 0.667. The zero-order valence-electron chi connectivity index (χ0n) is 3.06. The Balaban J connectivity index is 0. The van der Waals surface area contributed by atoms with Crippen molar-refractivity contribution in [3.63, 3.8) is 0 Å². The minimum absolute atomic E-state index is 0. The van der Waals surface area contributed by atoms with Crippen LogP contribution in [0.5, 0.6) is 0 Å². The summed E-state index contributed by atoms with van der Waals surface area (Å²) in [5, 5.41) is 7.72. The number of carboxylic acids is 1. The van der Waals surface area contributed by atoms with E-state index in [1.54, 1.807) is 6.92 Å². The van der Waals surface area contributed by atoms with Gasteiger partial charge in [-0.05, 0) is 0 Å². The Morgan fingerprint density at radius 2 is 2.00 bits per heavy atom. The predicted octanol–water partition coefficient (Wildman–Crippen LogP) is -0.435. The van der Waals surface area contributed by atoms with E-state index in [4.69, 9.17) is 5.11 Å². The van der Waals surface area contributed by atoms with E-state index in [1.165, 1.54) is 0 Å². The van der Waals surface area contributed by atoms with Crippen molar-refractivity contribution in [2.45, 2.75) is 13.3 Å². The second-order valence-electron chi connectivity index (χ2n) is 0.747. The number of hydrogen-bond donors (Lipinski definition) is 1. The van der Waals surface area contributed by atoms with Gasteiger partial charge in [0.15, 0.2) is 0 Å². The van der Waals surface area contributed by atoms with Crippen molar-refractivity contribution >= 4 is 16.1 Å². The first-order chi connectivity index (χ1) is 2.27. The van der Waals surface area contributed by atoms with E-state index < -0.39 is 5.97 Å². The first-order valence-electron chi connectivity index (χ1n) is 1.49. The number of carbonyl (C=O) groups is 1. The molecule has 0 heterocycles. The molecular formula is C3H8BeO2. The minimum atomic E-state index is -0.745. The fourth-order valence-electron chi connectivity index (χ4n) is 0. The van der Waals surface area contributed by atoms with Crippen LogP contribution in [0.3, 0.4) is 0 Å². The second-order valence-corrected chi connectivity index (χ2v) is 0.747. The summed E-state index contributed by atoms with van der Waals surface area (Å²) in [4.78, 5) is 9.37. The normalized spacial score (nSPS) is 6.17.